The minimum absolute atomic E-state index is 0.145. The molecule has 0 atom stereocenters. The normalized spacial score (nSPS) is 10.8. The topological polar surface area (TPSA) is 61.8 Å². The molecule has 6 heteroatoms. The van der Waals surface area contributed by atoms with Crippen LogP contribution in [0.1, 0.15) is 110 Å². The lowest BCUT2D eigenvalue weighted by molar-refractivity contribution is 0.0472. The monoisotopic (exact) mass is 578 g/mol. The van der Waals surface area contributed by atoms with Crippen molar-refractivity contribution < 1.29 is 23.8 Å². The summed E-state index contributed by atoms with van der Waals surface area (Å²) in [4.78, 5) is 24.9. The van der Waals surface area contributed by atoms with Crippen molar-refractivity contribution in [3.05, 3.63) is 94.5 Å². The average molecular weight is 579 g/mol. The van der Waals surface area contributed by atoms with Crippen molar-refractivity contribution in [1.29, 1.82) is 0 Å². The molecule has 0 saturated carbocycles. The summed E-state index contributed by atoms with van der Waals surface area (Å²) in [6, 6.07) is 20.3. The fourth-order valence-electron chi connectivity index (χ4n) is 4.46. The summed E-state index contributed by atoms with van der Waals surface area (Å²) in [5.41, 5.74) is 1.64. The molecule has 3 aromatic rings. The second kappa shape index (κ2) is 18.9. The smallest absolute Gasteiger partial charge is 0.343 e. The first-order valence-electron chi connectivity index (χ1n) is 15.0. The van der Waals surface area contributed by atoms with Gasteiger partial charge in [-0.1, -0.05) is 101 Å². The number of halogens is 1. The third kappa shape index (κ3) is 12.8. The van der Waals surface area contributed by atoms with Crippen LogP contribution in [-0.2, 0) is 11.3 Å². The van der Waals surface area contributed by atoms with Crippen molar-refractivity contribution in [2.75, 3.05) is 6.61 Å². The largest absolute Gasteiger partial charge is 0.494 e. The lowest BCUT2D eigenvalue weighted by Gasteiger charge is -2.08. The third-order valence-corrected chi connectivity index (χ3v) is 7.19. The number of esters is 2. The van der Waals surface area contributed by atoms with Gasteiger partial charge in [-0.25, -0.2) is 9.59 Å². The lowest BCUT2D eigenvalue weighted by atomic mass is 10.1. The quantitative estimate of drug-likeness (QED) is 0.0804. The van der Waals surface area contributed by atoms with Crippen molar-refractivity contribution in [2.45, 2.75) is 90.6 Å². The molecular formula is C35H43ClO5. The number of rotatable bonds is 19. The first-order valence-corrected chi connectivity index (χ1v) is 15.4. The highest BCUT2D eigenvalue weighted by atomic mass is 35.5. The van der Waals surface area contributed by atoms with Crippen molar-refractivity contribution in [1.82, 2.24) is 0 Å². The number of ether oxygens (including phenoxy) is 3. The van der Waals surface area contributed by atoms with E-state index in [2.05, 4.69) is 6.92 Å². The Morgan fingerprint density at radius 3 is 1.63 bits per heavy atom. The number of carbonyl (C=O) groups excluding carboxylic acids is 2. The summed E-state index contributed by atoms with van der Waals surface area (Å²) in [5, 5.41) is 0.625. The fraction of sp³-hybridized carbons (Fsp3) is 0.429. The van der Waals surface area contributed by atoms with Crippen LogP contribution < -0.4 is 9.47 Å². The van der Waals surface area contributed by atoms with E-state index in [1.165, 1.54) is 70.6 Å². The molecule has 0 bridgehead atoms. The predicted octanol–water partition coefficient (Wildman–Crippen LogP) is 10.00. The Labute approximate surface area is 250 Å². The Morgan fingerprint density at radius 2 is 1.07 bits per heavy atom. The molecule has 220 valence electrons. The maximum Gasteiger partial charge on any atom is 0.343 e. The number of carbonyl (C=O) groups is 2. The molecule has 5 nitrogen and oxygen atoms in total. The van der Waals surface area contributed by atoms with Gasteiger partial charge < -0.3 is 14.2 Å². The molecule has 0 saturated heterocycles. The molecule has 3 rings (SSSR count). The standard InChI is InChI=1S/C35H43ClO5/c1-2-3-4-5-6-7-8-9-10-11-12-13-26-39-32-22-16-30(17-23-32)35(38)41-33-24-18-29(19-25-33)34(37)40-27-28-14-20-31(36)21-15-28/h14-25H,2-13,26-27H2,1H3. The minimum atomic E-state index is -0.476. The van der Waals surface area contributed by atoms with Crippen molar-refractivity contribution in [2.24, 2.45) is 0 Å². The van der Waals surface area contributed by atoms with E-state index in [1.54, 1.807) is 72.8 Å². The van der Waals surface area contributed by atoms with Crippen LogP contribution in [0.5, 0.6) is 11.5 Å². The number of hydrogen-bond acceptors (Lipinski definition) is 5. The Hall–Kier alpha value is -3.31. The number of unbranched alkanes of at least 4 members (excludes halogenated alkanes) is 11. The van der Waals surface area contributed by atoms with Crippen LogP contribution in [0.25, 0.3) is 0 Å². The molecule has 0 radical (unpaired) electrons. The molecule has 0 spiro atoms. The zero-order valence-corrected chi connectivity index (χ0v) is 25.0. The van der Waals surface area contributed by atoms with Crippen LogP contribution in [0.2, 0.25) is 5.02 Å². The molecule has 0 N–H and O–H groups in total. The van der Waals surface area contributed by atoms with Crippen LogP contribution >= 0.6 is 11.6 Å². The molecule has 0 aliphatic rings. The van der Waals surface area contributed by atoms with E-state index in [0.29, 0.717) is 28.5 Å². The molecule has 0 fully saturated rings. The van der Waals surface area contributed by atoms with E-state index >= 15 is 0 Å². The van der Waals surface area contributed by atoms with Gasteiger partial charge in [-0.3, -0.25) is 0 Å². The van der Waals surface area contributed by atoms with E-state index in [4.69, 9.17) is 25.8 Å². The van der Waals surface area contributed by atoms with E-state index in [0.717, 1.165) is 17.7 Å². The average Bonchev–Trinajstić information content (AvgIpc) is 2.99. The summed E-state index contributed by atoms with van der Waals surface area (Å²) < 4.78 is 16.6. The van der Waals surface area contributed by atoms with Gasteiger partial charge in [-0.05, 0) is 72.6 Å². The Bertz CT molecular complexity index is 1160. The molecule has 0 aromatic heterocycles. The van der Waals surface area contributed by atoms with Crippen molar-refractivity contribution >= 4 is 23.5 Å². The van der Waals surface area contributed by atoms with Crippen LogP contribution in [0.3, 0.4) is 0 Å². The summed E-state index contributed by atoms with van der Waals surface area (Å²) in [6.07, 6.45) is 15.7. The molecule has 0 amide bonds. The molecule has 0 heterocycles. The zero-order chi connectivity index (χ0) is 29.1. The van der Waals surface area contributed by atoms with Gasteiger partial charge in [0.2, 0.25) is 0 Å². The van der Waals surface area contributed by atoms with Crippen LogP contribution in [-0.4, -0.2) is 18.5 Å². The number of benzene rings is 3. The zero-order valence-electron chi connectivity index (χ0n) is 24.2. The van der Waals surface area contributed by atoms with Gasteiger partial charge >= 0.3 is 11.9 Å². The molecule has 0 unspecified atom stereocenters. The van der Waals surface area contributed by atoms with Gasteiger partial charge in [-0.2, -0.15) is 0 Å². The van der Waals surface area contributed by atoms with Crippen molar-refractivity contribution in [3.63, 3.8) is 0 Å². The molecule has 3 aromatic carbocycles. The minimum Gasteiger partial charge on any atom is -0.494 e. The maximum absolute atomic E-state index is 12.5. The maximum atomic E-state index is 12.5. The van der Waals surface area contributed by atoms with Crippen molar-refractivity contribution in [3.8, 4) is 11.5 Å². The highest BCUT2D eigenvalue weighted by Gasteiger charge is 2.11. The van der Waals surface area contributed by atoms with Gasteiger partial charge in [0.15, 0.2) is 0 Å². The molecule has 0 aliphatic carbocycles. The molecule has 41 heavy (non-hydrogen) atoms. The Balaban J connectivity index is 1.28. The van der Waals surface area contributed by atoms with Crippen LogP contribution in [0.4, 0.5) is 0 Å². The van der Waals surface area contributed by atoms with E-state index in [1.807, 2.05) is 0 Å². The Morgan fingerprint density at radius 1 is 0.585 bits per heavy atom. The first-order chi connectivity index (χ1) is 20.0. The second-order valence-corrected chi connectivity index (χ2v) is 10.8. The van der Waals surface area contributed by atoms with Gasteiger partial charge in [-0.15, -0.1) is 0 Å². The molecular weight excluding hydrogens is 536 g/mol. The highest BCUT2D eigenvalue weighted by molar-refractivity contribution is 6.30. The van der Waals surface area contributed by atoms with E-state index in [-0.39, 0.29) is 6.61 Å². The lowest BCUT2D eigenvalue weighted by Crippen LogP contribution is -2.09. The third-order valence-electron chi connectivity index (χ3n) is 6.94. The fourth-order valence-corrected chi connectivity index (χ4v) is 4.58. The summed E-state index contributed by atoms with van der Waals surface area (Å²) in [6.45, 7) is 3.08. The SMILES string of the molecule is CCCCCCCCCCCCCCOc1ccc(C(=O)Oc2ccc(C(=O)OCc3ccc(Cl)cc3)cc2)cc1. The van der Waals surface area contributed by atoms with Gasteiger partial charge in [0.1, 0.15) is 18.1 Å². The van der Waals surface area contributed by atoms with Gasteiger partial charge in [0, 0.05) is 5.02 Å². The van der Waals surface area contributed by atoms with Gasteiger partial charge in [0.25, 0.3) is 0 Å². The summed E-state index contributed by atoms with van der Waals surface area (Å²) in [5.74, 6) is 0.148. The first kappa shape index (κ1) is 32.2. The van der Waals surface area contributed by atoms with Crippen LogP contribution in [0.15, 0.2) is 72.8 Å². The van der Waals surface area contributed by atoms with Gasteiger partial charge in [0.05, 0.1) is 17.7 Å². The molecule has 0 aliphatic heterocycles. The van der Waals surface area contributed by atoms with Crippen LogP contribution in [0, 0.1) is 0 Å². The number of hydrogen-bond donors (Lipinski definition) is 0. The summed E-state index contributed by atoms with van der Waals surface area (Å²) in [7, 11) is 0. The highest BCUT2D eigenvalue weighted by Crippen LogP contribution is 2.19. The predicted molar refractivity (Wildman–Crippen MR) is 165 cm³/mol. The Kier molecular flexibility index (Phi) is 14.9. The summed E-state index contributed by atoms with van der Waals surface area (Å²) >= 11 is 5.87. The van der Waals surface area contributed by atoms with E-state index in [9.17, 15) is 9.59 Å². The second-order valence-electron chi connectivity index (χ2n) is 10.4. The van der Waals surface area contributed by atoms with E-state index < -0.39 is 11.9 Å².